The molecule has 0 spiro atoms. The lowest BCUT2D eigenvalue weighted by atomic mass is 9.74. The van der Waals surface area contributed by atoms with Crippen LogP contribution in [0.3, 0.4) is 0 Å². The van der Waals surface area contributed by atoms with E-state index in [9.17, 15) is 0 Å². The number of benzene rings is 5. The predicted molar refractivity (Wildman–Crippen MR) is 224 cm³/mol. The summed E-state index contributed by atoms with van der Waals surface area (Å²) in [4.78, 5) is 10.2. The predicted octanol–water partition coefficient (Wildman–Crippen LogP) is 13.1. The van der Waals surface area contributed by atoms with Gasteiger partial charge in [-0.25, -0.2) is 9.97 Å². The topological polar surface area (TPSA) is 57.0 Å². The molecule has 10 rings (SSSR count). The Labute approximate surface area is 312 Å². The van der Waals surface area contributed by atoms with Gasteiger partial charge in [0, 0.05) is 32.5 Å². The van der Waals surface area contributed by atoms with Gasteiger partial charge in [-0.05, 0) is 90.2 Å². The summed E-state index contributed by atoms with van der Waals surface area (Å²) in [5.74, 6) is 1.14. The number of aromatic nitrogens is 3. The van der Waals surface area contributed by atoms with Crippen LogP contribution in [0.4, 0.5) is 0 Å². The third-order valence-corrected chi connectivity index (χ3v) is 11.3. The van der Waals surface area contributed by atoms with Crippen molar-refractivity contribution in [2.45, 2.75) is 33.1 Å². The second-order valence-electron chi connectivity index (χ2n) is 14.7. The van der Waals surface area contributed by atoms with E-state index in [1.54, 1.807) is 0 Å². The van der Waals surface area contributed by atoms with Crippen molar-refractivity contribution < 1.29 is 8.83 Å². The number of para-hydroxylation sites is 4. The Morgan fingerprint density at radius 3 is 2.22 bits per heavy atom. The van der Waals surface area contributed by atoms with Crippen LogP contribution in [0.5, 0.6) is 0 Å². The summed E-state index contributed by atoms with van der Waals surface area (Å²) in [6.45, 7) is 17.4. The Bertz CT molecular complexity index is 3140. The van der Waals surface area contributed by atoms with Gasteiger partial charge in [0.25, 0.3) is 0 Å². The SMILES string of the molecule is C=Cc1c(C(=C)c2nc(C(/C=C(\C)c3ccc4c(c3)C(C)(C)c3cccc5c6oc7ccccc7c6n-4c35)=C/C)c3ccccc3n2)oc2ccccc12. The fourth-order valence-corrected chi connectivity index (χ4v) is 8.51. The molecule has 0 saturated carbocycles. The average molecular weight is 700 g/mol. The Balaban J connectivity index is 1.10. The normalized spacial score (nSPS) is 14.1. The fraction of sp³-hybridized carbons (Fsp3) is 0.102. The standard InChI is InChI=1S/C49H37N3O2/c1-7-30(43-34-17-9-12-21-39(34)50-48(51-43)29(4)46-32(8-2)33-16-10-13-22-41(33)53-46)26-28(3)31-24-25-40-38(27-31)49(5,6)37-20-15-19-36-44(37)52(40)45-35-18-11-14-23-42(35)54-47(36)45/h7-27H,2,4H2,1,3,5-6H3/b28-26+,30-7+. The summed E-state index contributed by atoms with van der Waals surface area (Å²) in [5.41, 5.74) is 14.9. The van der Waals surface area contributed by atoms with Gasteiger partial charge in [0.15, 0.2) is 11.4 Å². The van der Waals surface area contributed by atoms with Gasteiger partial charge in [0.05, 0.1) is 28.0 Å². The zero-order valence-electron chi connectivity index (χ0n) is 30.7. The van der Waals surface area contributed by atoms with Crippen molar-refractivity contribution in [1.82, 2.24) is 14.5 Å². The highest BCUT2D eigenvalue weighted by Crippen LogP contribution is 2.50. The lowest BCUT2D eigenvalue weighted by Gasteiger charge is -2.35. The van der Waals surface area contributed by atoms with Crippen LogP contribution in [0, 0.1) is 0 Å². The van der Waals surface area contributed by atoms with Gasteiger partial charge in [-0.2, -0.15) is 0 Å². The second kappa shape index (κ2) is 11.6. The van der Waals surface area contributed by atoms with E-state index in [2.05, 4.69) is 118 Å². The highest BCUT2D eigenvalue weighted by molar-refractivity contribution is 6.18. The zero-order valence-corrected chi connectivity index (χ0v) is 30.7. The molecular formula is C49H37N3O2. The smallest absolute Gasteiger partial charge is 0.163 e. The van der Waals surface area contributed by atoms with Crippen molar-refractivity contribution in [3.8, 4) is 5.69 Å². The van der Waals surface area contributed by atoms with E-state index in [0.29, 0.717) is 17.2 Å². The molecular weight excluding hydrogens is 663 g/mol. The Kier molecular flexibility index (Phi) is 6.89. The first-order valence-corrected chi connectivity index (χ1v) is 18.3. The highest BCUT2D eigenvalue weighted by Gasteiger charge is 2.36. The third-order valence-electron chi connectivity index (χ3n) is 11.3. The average Bonchev–Trinajstić information content (AvgIpc) is 3.87. The monoisotopic (exact) mass is 699 g/mol. The number of furan rings is 2. The molecule has 0 aliphatic carbocycles. The molecule has 0 bridgehead atoms. The van der Waals surface area contributed by atoms with Crippen molar-refractivity contribution in [3.63, 3.8) is 0 Å². The summed E-state index contributed by atoms with van der Waals surface area (Å²) in [7, 11) is 0. The van der Waals surface area contributed by atoms with Crippen molar-refractivity contribution in [1.29, 1.82) is 0 Å². The molecule has 0 unspecified atom stereocenters. The molecule has 54 heavy (non-hydrogen) atoms. The molecule has 5 heterocycles. The van der Waals surface area contributed by atoms with Crippen LogP contribution >= 0.6 is 0 Å². The minimum absolute atomic E-state index is 0.241. The van der Waals surface area contributed by atoms with E-state index in [4.69, 9.17) is 18.8 Å². The van der Waals surface area contributed by atoms with Crippen LogP contribution in [0.15, 0.2) is 143 Å². The Hall–Kier alpha value is -6.72. The summed E-state index contributed by atoms with van der Waals surface area (Å²) < 4.78 is 15.3. The maximum Gasteiger partial charge on any atom is 0.163 e. The quantitative estimate of drug-likeness (QED) is 0.162. The third kappa shape index (κ3) is 4.45. The second-order valence-corrected chi connectivity index (χ2v) is 14.7. The number of hydrogen-bond acceptors (Lipinski definition) is 4. The van der Waals surface area contributed by atoms with E-state index >= 15 is 0 Å². The van der Waals surface area contributed by atoms with Gasteiger partial charge in [-0.3, -0.25) is 0 Å². The van der Waals surface area contributed by atoms with E-state index in [0.717, 1.165) is 77.3 Å². The van der Waals surface area contributed by atoms with Gasteiger partial charge in [-0.15, -0.1) is 0 Å². The molecule has 0 fully saturated rings. The minimum Gasteiger partial charge on any atom is -0.455 e. The van der Waals surface area contributed by atoms with Gasteiger partial charge >= 0.3 is 0 Å². The molecule has 5 nitrogen and oxygen atoms in total. The first kappa shape index (κ1) is 32.0. The summed E-state index contributed by atoms with van der Waals surface area (Å²) in [5, 5.41) is 4.22. The molecule has 1 aliphatic rings. The van der Waals surface area contributed by atoms with E-state index in [1.807, 2.05) is 54.6 Å². The van der Waals surface area contributed by atoms with Gasteiger partial charge < -0.3 is 13.4 Å². The molecule has 4 aromatic heterocycles. The fourth-order valence-electron chi connectivity index (χ4n) is 8.51. The van der Waals surface area contributed by atoms with Crippen LogP contribution in [0.1, 0.15) is 67.2 Å². The number of fused-ring (bicyclic) bond motifs is 9. The molecule has 5 heteroatoms. The molecule has 9 aromatic rings. The highest BCUT2D eigenvalue weighted by atomic mass is 16.3. The molecule has 260 valence electrons. The molecule has 0 N–H and O–H groups in total. The summed E-state index contributed by atoms with van der Waals surface area (Å²) in [6.07, 6.45) is 6.17. The molecule has 0 saturated heterocycles. The van der Waals surface area contributed by atoms with E-state index in [-0.39, 0.29) is 5.41 Å². The van der Waals surface area contributed by atoms with E-state index in [1.165, 1.54) is 22.3 Å². The minimum atomic E-state index is -0.241. The van der Waals surface area contributed by atoms with Gasteiger partial charge in [0.2, 0.25) is 0 Å². The largest absolute Gasteiger partial charge is 0.455 e. The lowest BCUT2D eigenvalue weighted by molar-refractivity contribution is 0.599. The van der Waals surface area contributed by atoms with Gasteiger partial charge in [-0.1, -0.05) is 106 Å². The number of allylic oxidation sites excluding steroid dienone is 4. The number of hydrogen-bond donors (Lipinski definition) is 0. The van der Waals surface area contributed by atoms with E-state index < -0.39 is 0 Å². The first-order valence-electron chi connectivity index (χ1n) is 18.3. The molecule has 0 radical (unpaired) electrons. The van der Waals surface area contributed by atoms with Gasteiger partial charge in [0.1, 0.15) is 22.4 Å². The van der Waals surface area contributed by atoms with Crippen LogP contribution in [-0.2, 0) is 5.41 Å². The van der Waals surface area contributed by atoms with Crippen LogP contribution in [-0.4, -0.2) is 14.5 Å². The van der Waals surface area contributed by atoms with Crippen LogP contribution in [0.2, 0.25) is 0 Å². The van der Waals surface area contributed by atoms with Crippen LogP contribution < -0.4 is 0 Å². The Morgan fingerprint density at radius 1 is 0.741 bits per heavy atom. The van der Waals surface area contributed by atoms with Crippen molar-refractivity contribution in [2.75, 3.05) is 0 Å². The molecule has 0 amide bonds. The van der Waals surface area contributed by atoms with Crippen LogP contribution in [0.25, 0.3) is 83.3 Å². The van der Waals surface area contributed by atoms with Crippen molar-refractivity contribution >= 4 is 77.6 Å². The zero-order chi connectivity index (χ0) is 36.9. The number of nitrogens with zero attached hydrogens (tertiary/aromatic N) is 3. The van der Waals surface area contributed by atoms with Crippen molar-refractivity contribution in [3.05, 3.63) is 174 Å². The summed E-state index contributed by atoms with van der Waals surface area (Å²) in [6, 6.07) is 37.9. The maximum atomic E-state index is 6.52. The number of rotatable bonds is 6. The molecule has 5 aromatic carbocycles. The van der Waals surface area contributed by atoms with Crippen molar-refractivity contribution in [2.24, 2.45) is 0 Å². The molecule has 1 aliphatic heterocycles. The first-order chi connectivity index (χ1) is 26.3. The molecule has 0 atom stereocenters. The summed E-state index contributed by atoms with van der Waals surface area (Å²) >= 11 is 0. The Morgan fingerprint density at radius 2 is 1.44 bits per heavy atom. The maximum absolute atomic E-state index is 6.52. The lowest BCUT2D eigenvalue weighted by Crippen LogP contribution is -2.26.